The van der Waals surface area contributed by atoms with E-state index in [9.17, 15) is 4.79 Å². The van der Waals surface area contributed by atoms with Crippen LogP contribution in [0.1, 0.15) is 29.8 Å². The van der Waals surface area contributed by atoms with E-state index in [1.807, 2.05) is 50.2 Å². The number of hydrogen-bond donors (Lipinski definition) is 1. The summed E-state index contributed by atoms with van der Waals surface area (Å²) in [6, 6.07) is 11.8. The van der Waals surface area contributed by atoms with Gasteiger partial charge in [0.2, 0.25) is 0 Å². The third kappa shape index (κ3) is 3.46. The molecule has 1 N–H and O–H groups in total. The number of nitrogens with one attached hydrogen (secondary N) is 1. The number of carbonyl (C=O) groups excluding carboxylic acids is 1. The van der Waals surface area contributed by atoms with Crippen LogP contribution in [-0.4, -0.2) is 5.91 Å². The normalized spacial score (nSPS) is 11.4. The predicted octanol–water partition coefficient (Wildman–Crippen LogP) is 4.94. The van der Waals surface area contributed by atoms with E-state index in [0.29, 0.717) is 5.56 Å². The molecule has 2 rings (SSSR count). The highest BCUT2D eigenvalue weighted by Gasteiger charge is 2.24. The van der Waals surface area contributed by atoms with Crippen LogP contribution in [-0.2, 0) is 5.54 Å². The Morgan fingerprint density at radius 1 is 1.21 bits per heavy atom. The average Bonchev–Trinajstić information content (AvgIpc) is 2.69. The van der Waals surface area contributed by atoms with Gasteiger partial charge in [-0.1, -0.05) is 30.3 Å². The zero-order valence-corrected chi connectivity index (χ0v) is 14.5. The molecule has 2 nitrogen and oxygen atoms in total. The van der Waals surface area contributed by atoms with Gasteiger partial charge in [-0.2, -0.15) is 0 Å². The summed E-state index contributed by atoms with van der Waals surface area (Å²) in [4.78, 5) is 12.3. The lowest BCUT2D eigenvalue weighted by Crippen LogP contribution is -2.40. The summed E-state index contributed by atoms with van der Waals surface area (Å²) in [5.74, 6) is -0.0809. The molecular weight excluding hydrogens is 390 g/mol. The Kier molecular flexibility index (Phi) is 4.48. The molecule has 1 heterocycles. The molecule has 0 atom stereocenters. The van der Waals surface area contributed by atoms with Gasteiger partial charge in [-0.05, 0) is 57.3 Å². The van der Waals surface area contributed by atoms with Crippen molar-refractivity contribution in [1.82, 2.24) is 5.32 Å². The SMILES string of the molecule is CC(C)(NC(=O)c1cc(Br)sc1Br)c1ccccc1. The Morgan fingerprint density at radius 3 is 2.37 bits per heavy atom. The van der Waals surface area contributed by atoms with Gasteiger partial charge in [0.05, 0.1) is 18.7 Å². The van der Waals surface area contributed by atoms with Crippen molar-refractivity contribution in [3.63, 3.8) is 0 Å². The fraction of sp³-hybridized carbons (Fsp3) is 0.214. The molecule has 0 saturated carbocycles. The molecule has 0 spiro atoms. The molecule has 0 radical (unpaired) electrons. The van der Waals surface area contributed by atoms with Crippen LogP contribution in [0.15, 0.2) is 44.0 Å². The fourth-order valence-electron chi connectivity index (χ4n) is 1.77. The van der Waals surface area contributed by atoms with E-state index in [2.05, 4.69) is 37.2 Å². The summed E-state index contributed by atoms with van der Waals surface area (Å²) in [5.41, 5.74) is 1.32. The third-order valence-electron chi connectivity index (χ3n) is 2.82. The maximum atomic E-state index is 12.3. The highest BCUT2D eigenvalue weighted by molar-refractivity contribution is 9.12. The summed E-state index contributed by atoms with van der Waals surface area (Å²) in [5, 5.41) is 3.06. The van der Waals surface area contributed by atoms with Gasteiger partial charge < -0.3 is 5.32 Å². The Balaban J connectivity index is 2.21. The first kappa shape index (κ1) is 14.8. The average molecular weight is 403 g/mol. The number of amides is 1. The van der Waals surface area contributed by atoms with Crippen LogP contribution >= 0.6 is 43.2 Å². The second-order valence-corrected chi connectivity index (χ2v) is 8.43. The molecular formula is C14H13Br2NOS. The smallest absolute Gasteiger partial charge is 0.254 e. The van der Waals surface area contributed by atoms with Gasteiger partial charge in [-0.15, -0.1) is 11.3 Å². The summed E-state index contributed by atoms with van der Waals surface area (Å²) < 4.78 is 1.77. The van der Waals surface area contributed by atoms with Crippen molar-refractivity contribution >= 4 is 49.1 Å². The van der Waals surface area contributed by atoms with Crippen molar-refractivity contribution in [2.75, 3.05) is 0 Å². The van der Waals surface area contributed by atoms with E-state index < -0.39 is 5.54 Å². The van der Waals surface area contributed by atoms with Crippen LogP contribution in [0.5, 0.6) is 0 Å². The molecule has 1 aromatic carbocycles. The van der Waals surface area contributed by atoms with E-state index in [1.54, 1.807) is 0 Å². The molecule has 0 unspecified atom stereocenters. The topological polar surface area (TPSA) is 29.1 Å². The van der Waals surface area contributed by atoms with Crippen LogP contribution in [0.4, 0.5) is 0 Å². The van der Waals surface area contributed by atoms with Crippen molar-refractivity contribution in [2.24, 2.45) is 0 Å². The van der Waals surface area contributed by atoms with Crippen molar-refractivity contribution < 1.29 is 4.79 Å². The summed E-state index contributed by atoms with van der Waals surface area (Å²) in [6.07, 6.45) is 0. The van der Waals surface area contributed by atoms with E-state index in [0.717, 1.165) is 13.1 Å². The molecule has 0 aliphatic carbocycles. The first-order chi connectivity index (χ1) is 8.90. The molecule has 0 fully saturated rings. The molecule has 0 aliphatic rings. The van der Waals surface area contributed by atoms with Gasteiger partial charge in [0, 0.05) is 0 Å². The number of thiophene rings is 1. The summed E-state index contributed by atoms with van der Waals surface area (Å²) in [6.45, 7) is 3.99. The molecule has 1 aromatic heterocycles. The van der Waals surface area contributed by atoms with Crippen molar-refractivity contribution in [2.45, 2.75) is 19.4 Å². The van der Waals surface area contributed by atoms with Crippen molar-refractivity contribution in [3.05, 3.63) is 55.1 Å². The minimum Gasteiger partial charge on any atom is -0.343 e. The zero-order valence-electron chi connectivity index (χ0n) is 10.5. The Labute approximate surface area is 133 Å². The van der Waals surface area contributed by atoms with Crippen LogP contribution in [0.2, 0.25) is 0 Å². The maximum absolute atomic E-state index is 12.3. The highest BCUT2D eigenvalue weighted by Crippen LogP contribution is 2.32. The predicted molar refractivity (Wildman–Crippen MR) is 86.7 cm³/mol. The molecule has 0 saturated heterocycles. The van der Waals surface area contributed by atoms with Gasteiger partial charge in [0.25, 0.3) is 5.91 Å². The van der Waals surface area contributed by atoms with Gasteiger partial charge in [-0.3, -0.25) is 4.79 Å². The number of benzene rings is 1. The lowest BCUT2D eigenvalue weighted by Gasteiger charge is -2.26. The van der Waals surface area contributed by atoms with E-state index >= 15 is 0 Å². The first-order valence-electron chi connectivity index (χ1n) is 5.73. The Hall–Kier alpha value is -0.650. The number of carbonyl (C=O) groups is 1. The second-order valence-electron chi connectivity index (χ2n) is 4.68. The van der Waals surface area contributed by atoms with Crippen LogP contribution < -0.4 is 5.32 Å². The van der Waals surface area contributed by atoms with Crippen molar-refractivity contribution in [1.29, 1.82) is 0 Å². The largest absolute Gasteiger partial charge is 0.343 e. The van der Waals surface area contributed by atoms with Crippen LogP contribution in [0, 0.1) is 0 Å². The van der Waals surface area contributed by atoms with Crippen LogP contribution in [0.25, 0.3) is 0 Å². The monoisotopic (exact) mass is 401 g/mol. The Morgan fingerprint density at radius 2 is 1.84 bits per heavy atom. The number of rotatable bonds is 3. The van der Waals surface area contributed by atoms with Gasteiger partial charge in [-0.25, -0.2) is 0 Å². The summed E-state index contributed by atoms with van der Waals surface area (Å²) >= 11 is 8.29. The van der Waals surface area contributed by atoms with Crippen LogP contribution in [0.3, 0.4) is 0 Å². The standard InChI is InChI=1S/C14H13Br2NOS/c1-14(2,9-6-4-3-5-7-9)17-13(18)10-8-11(15)19-12(10)16/h3-8H,1-2H3,(H,17,18). The number of hydrogen-bond acceptors (Lipinski definition) is 2. The van der Waals surface area contributed by atoms with Gasteiger partial charge >= 0.3 is 0 Å². The molecule has 0 aliphatic heterocycles. The minimum atomic E-state index is -0.411. The van der Waals surface area contributed by atoms with Gasteiger partial charge in [0.15, 0.2) is 0 Å². The molecule has 100 valence electrons. The lowest BCUT2D eigenvalue weighted by atomic mass is 9.94. The molecule has 2 aromatic rings. The first-order valence-corrected chi connectivity index (χ1v) is 8.13. The minimum absolute atomic E-state index is 0.0809. The zero-order chi connectivity index (χ0) is 14.0. The fourth-order valence-corrected chi connectivity index (χ4v) is 4.57. The highest BCUT2D eigenvalue weighted by atomic mass is 79.9. The van der Waals surface area contributed by atoms with E-state index in [-0.39, 0.29) is 5.91 Å². The summed E-state index contributed by atoms with van der Waals surface area (Å²) in [7, 11) is 0. The maximum Gasteiger partial charge on any atom is 0.254 e. The van der Waals surface area contributed by atoms with Crippen molar-refractivity contribution in [3.8, 4) is 0 Å². The molecule has 1 amide bonds. The third-order valence-corrected chi connectivity index (χ3v) is 5.16. The lowest BCUT2D eigenvalue weighted by molar-refractivity contribution is 0.0912. The van der Waals surface area contributed by atoms with Gasteiger partial charge in [0.1, 0.15) is 0 Å². The molecule has 19 heavy (non-hydrogen) atoms. The second kappa shape index (κ2) is 5.77. The van der Waals surface area contributed by atoms with E-state index in [4.69, 9.17) is 0 Å². The quantitative estimate of drug-likeness (QED) is 0.773. The number of halogens is 2. The molecule has 5 heteroatoms. The van der Waals surface area contributed by atoms with E-state index in [1.165, 1.54) is 11.3 Å². The Bertz CT molecular complexity index is 593. The molecule has 0 bridgehead atoms.